The highest BCUT2D eigenvalue weighted by molar-refractivity contribution is 5.65. The van der Waals surface area contributed by atoms with Gasteiger partial charge in [0.2, 0.25) is 0 Å². The number of quaternary nitrogens is 1. The summed E-state index contributed by atoms with van der Waals surface area (Å²) in [6.07, 6.45) is 0. The molecule has 2 rings (SSSR count). The van der Waals surface area contributed by atoms with Crippen LogP contribution in [0.15, 0.2) is 42.5 Å². The summed E-state index contributed by atoms with van der Waals surface area (Å²) in [7, 11) is 4.50. The molecule has 2 aromatic rings. The van der Waals surface area contributed by atoms with Gasteiger partial charge in [0, 0.05) is 11.1 Å². The summed E-state index contributed by atoms with van der Waals surface area (Å²) in [4.78, 5) is 0. The molecular weight excluding hydrogens is 218 g/mol. The standard InChI is InChI=1S/C17H22N/c1-13-11-14(2)17(15(3)12-13)18(4,5)16-9-7-6-8-10-16/h6-12H,1-5H3/q+1. The van der Waals surface area contributed by atoms with Gasteiger partial charge in [0.05, 0.1) is 14.1 Å². The summed E-state index contributed by atoms with van der Waals surface area (Å²) in [5.74, 6) is 0. The van der Waals surface area contributed by atoms with Crippen molar-refractivity contribution < 1.29 is 0 Å². The SMILES string of the molecule is Cc1cc(C)c([N+](C)(C)c2ccccc2)c(C)c1. The van der Waals surface area contributed by atoms with Crippen LogP contribution in [0.5, 0.6) is 0 Å². The summed E-state index contributed by atoms with van der Waals surface area (Å²) in [6.45, 7) is 6.57. The predicted octanol–water partition coefficient (Wildman–Crippen LogP) is 4.51. The molecule has 0 aromatic heterocycles. The maximum atomic E-state index is 2.27. The summed E-state index contributed by atoms with van der Waals surface area (Å²) in [5.41, 5.74) is 6.77. The van der Waals surface area contributed by atoms with Gasteiger partial charge in [-0.15, -0.1) is 0 Å². The molecular formula is C17H22N+. The highest BCUT2D eigenvalue weighted by Gasteiger charge is 2.26. The van der Waals surface area contributed by atoms with E-state index < -0.39 is 0 Å². The van der Waals surface area contributed by atoms with E-state index in [0.29, 0.717) is 0 Å². The first-order valence-electron chi connectivity index (χ1n) is 6.41. The van der Waals surface area contributed by atoms with Crippen molar-refractivity contribution in [3.05, 3.63) is 59.2 Å². The third-order valence-electron chi connectivity index (χ3n) is 3.60. The number of hydrogen-bond donors (Lipinski definition) is 0. The highest BCUT2D eigenvalue weighted by Crippen LogP contribution is 2.36. The Morgan fingerprint density at radius 3 is 1.78 bits per heavy atom. The molecule has 0 saturated heterocycles. The fourth-order valence-corrected chi connectivity index (χ4v) is 2.98. The van der Waals surface area contributed by atoms with Gasteiger partial charge in [0.1, 0.15) is 11.4 Å². The molecule has 0 bridgehead atoms. The maximum absolute atomic E-state index is 2.27. The van der Waals surface area contributed by atoms with E-state index in [1.54, 1.807) is 0 Å². The summed E-state index contributed by atoms with van der Waals surface area (Å²) in [5, 5.41) is 0. The maximum Gasteiger partial charge on any atom is 0.143 e. The molecule has 0 N–H and O–H groups in total. The third-order valence-corrected chi connectivity index (χ3v) is 3.60. The van der Waals surface area contributed by atoms with Crippen molar-refractivity contribution in [1.82, 2.24) is 4.48 Å². The molecule has 0 spiro atoms. The van der Waals surface area contributed by atoms with Gasteiger partial charge in [0.25, 0.3) is 0 Å². The fourth-order valence-electron chi connectivity index (χ4n) is 2.98. The van der Waals surface area contributed by atoms with E-state index in [4.69, 9.17) is 0 Å². The monoisotopic (exact) mass is 240 g/mol. The number of hydrogen-bond acceptors (Lipinski definition) is 0. The first-order chi connectivity index (χ1) is 8.43. The molecule has 0 heterocycles. The number of aryl methyl sites for hydroxylation is 3. The van der Waals surface area contributed by atoms with Crippen molar-refractivity contribution in [3.63, 3.8) is 0 Å². The van der Waals surface area contributed by atoms with Crippen molar-refractivity contribution >= 4 is 11.4 Å². The van der Waals surface area contributed by atoms with E-state index in [1.807, 2.05) is 0 Å². The minimum absolute atomic E-state index is 0.790. The van der Waals surface area contributed by atoms with Gasteiger partial charge in [-0.25, -0.2) is 0 Å². The molecule has 0 unspecified atom stereocenters. The number of benzene rings is 2. The smallest absolute Gasteiger partial charge is 0.143 e. The van der Waals surface area contributed by atoms with Gasteiger partial charge < -0.3 is 0 Å². The van der Waals surface area contributed by atoms with E-state index >= 15 is 0 Å². The Hall–Kier alpha value is -1.60. The minimum Gasteiger partial charge on any atom is -0.263 e. The van der Waals surface area contributed by atoms with Crippen molar-refractivity contribution in [2.24, 2.45) is 0 Å². The zero-order valence-electron chi connectivity index (χ0n) is 12.0. The van der Waals surface area contributed by atoms with Crippen LogP contribution in [0.1, 0.15) is 16.7 Å². The Labute approximate surface area is 110 Å². The molecule has 1 heteroatoms. The molecule has 0 radical (unpaired) electrons. The second-order valence-electron chi connectivity index (χ2n) is 5.54. The van der Waals surface area contributed by atoms with Crippen LogP contribution in [-0.2, 0) is 0 Å². The molecule has 1 nitrogen and oxygen atoms in total. The normalized spacial score (nSPS) is 11.6. The average Bonchev–Trinajstić information content (AvgIpc) is 2.28. The van der Waals surface area contributed by atoms with Crippen LogP contribution < -0.4 is 4.48 Å². The van der Waals surface area contributed by atoms with Crippen LogP contribution in [0.25, 0.3) is 0 Å². The third kappa shape index (κ3) is 2.19. The average molecular weight is 240 g/mol. The lowest BCUT2D eigenvalue weighted by Crippen LogP contribution is -2.35. The fraction of sp³-hybridized carbons (Fsp3) is 0.294. The van der Waals surface area contributed by atoms with Crippen molar-refractivity contribution in [2.45, 2.75) is 20.8 Å². The van der Waals surface area contributed by atoms with Gasteiger partial charge in [-0.05, 0) is 32.9 Å². The Morgan fingerprint density at radius 1 is 0.778 bits per heavy atom. The second kappa shape index (κ2) is 4.58. The van der Waals surface area contributed by atoms with Gasteiger partial charge in [0.15, 0.2) is 0 Å². The van der Waals surface area contributed by atoms with Crippen molar-refractivity contribution in [1.29, 1.82) is 0 Å². The summed E-state index contributed by atoms with van der Waals surface area (Å²) >= 11 is 0. The van der Waals surface area contributed by atoms with E-state index in [9.17, 15) is 0 Å². The first kappa shape index (κ1) is 12.8. The first-order valence-corrected chi connectivity index (χ1v) is 6.41. The van der Waals surface area contributed by atoms with E-state index in [1.165, 1.54) is 28.1 Å². The van der Waals surface area contributed by atoms with Crippen molar-refractivity contribution in [2.75, 3.05) is 14.1 Å². The Morgan fingerprint density at radius 2 is 1.28 bits per heavy atom. The van der Waals surface area contributed by atoms with Crippen LogP contribution in [0.4, 0.5) is 11.4 Å². The Kier molecular flexibility index (Phi) is 3.27. The number of nitrogens with zero attached hydrogens (tertiary/aromatic N) is 1. The lowest BCUT2D eigenvalue weighted by molar-refractivity contribution is 0.549. The molecule has 2 aromatic carbocycles. The van der Waals surface area contributed by atoms with Gasteiger partial charge in [-0.1, -0.05) is 35.9 Å². The zero-order chi connectivity index (χ0) is 13.3. The molecule has 0 atom stereocenters. The van der Waals surface area contributed by atoms with Gasteiger partial charge in [-0.2, -0.15) is 0 Å². The highest BCUT2D eigenvalue weighted by atomic mass is 15.3. The van der Waals surface area contributed by atoms with E-state index in [-0.39, 0.29) is 0 Å². The van der Waals surface area contributed by atoms with E-state index in [2.05, 4.69) is 77.3 Å². The topological polar surface area (TPSA) is 0 Å². The number of para-hydroxylation sites is 1. The summed E-state index contributed by atoms with van der Waals surface area (Å²) < 4.78 is 0.790. The molecule has 0 fully saturated rings. The van der Waals surface area contributed by atoms with E-state index in [0.717, 1.165) is 4.48 Å². The molecule has 0 aliphatic rings. The predicted molar refractivity (Wildman–Crippen MR) is 80.4 cm³/mol. The minimum atomic E-state index is 0.790. The number of rotatable bonds is 2. The molecule has 18 heavy (non-hydrogen) atoms. The van der Waals surface area contributed by atoms with Crippen molar-refractivity contribution in [3.8, 4) is 0 Å². The lowest BCUT2D eigenvalue weighted by Gasteiger charge is -2.31. The largest absolute Gasteiger partial charge is 0.263 e. The molecule has 0 aliphatic heterocycles. The van der Waals surface area contributed by atoms with Crippen LogP contribution in [-0.4, -0.2) is 14.1 Å². The molecule has 0 saturated carbocycles. The molecule has 0 amide bonds. The van der Waals surface area contributed by atoms with Crippen LogP contribution in [0, 0.1) is 20.8 Å². The summed E-state index contributed by atoms with van der Waals surface area (Å²) in [6, 6.07) is 15.2. The van der Waals surface area contributed by atoms with Crippen LogP contribution >= 0.6 is 0 Å². The van der Waals surface area contributed by atoms with Crippen LogP contribution in [0.2, 0.25) is 0 Å². The molecule has 94 valence electrons. The van der Waals surface area contributed by atoms with Crippen LogP contribution in [0.3, 0.4) is 0 Å². The second-order valence-corrected chi connectivity index (χ2v) is 5.54. The van der Waals surface area contributed by atoms with Gasteiger partial charge in [-0.3, -0.25) is 4.48 Å². The lowest BCUT2D eigenvalue weighted by atomic mass is 10.0. The quantitative estimate of drug-likeness (QED) is 0.677. The Balaban J connectivity index is 2.61. The van der Waals surface area contributed by atoms with Gasteiger partial charge >= 0.3 is 0 Å². The molecule has 0 aliphatic carbocycles. The Bertz CT molecular complexity index is 530. The zero-order valence-corrected chi connectivity index (χ0v) is 12.0.